The van der Waals surface area contributed by atoms with Crippen molar-refractivity contribution >= 4 is 40.9 Å². The highest BCUT2D eigenvalue weighted by atomic mass is 35.5. The number of amides is 3. The molecule has 5 nitrogen and oxygen atoms in total. The lowest BCUT2D eigenvalue weighted by molar-refractivity contribution is -0.139. The number of hydrogen-bond donors (Lipinski definition) is 0. The summed E-state index contributed by atoms with van der Waals surface area (Å²) in [6.45, 7) is 0.593. The third-order valence-corrected chi connectivity index (χ3v) is 5.05. The van der Waals surface area contributed by atoms with E-state index in [0.29, 0.717) is 22.2 Å². The van der Waals surface area contributed by atoms with Crippen LogP contribution >= 0.6 is 23.2 Å². The van der Waals surface area contributed by atoms with Crippen molar-refractivity contribution < 1.29 is 14.4 Å². The van der Waals surface area contributed by atoms with Gasteiger partial charge in [-0.1, -0.05) is 41.4 Å². The maximum absolute atomic E-state index is 12.6. The number of halogens is 2. The minimum Gasteiger partial charge on any atom is -0.337 e. The van der Waals surface area contributed by atoms with E-state index < -0.39 is 0 Å². The Morgan fingerprint density at radius 1 is 1.04 bits per heavy atom. The van der Waals surface area contributed by atoms with Gasteiger partial charge in [0.2, 0.25) is 11.8 Å². The second kappa shape index (κ2) is 8.11. The molecule has 1 fully saturated rings. The van der Waals surface area contributed by atoms with Crippen LogP contribution in [0.4, 0.5) is 0 Å². The molecule has 0 unspecified atom stereocenters. The van der Waals surface area contributed by atoms with Crippen LogP contribution in [0.5, 0.6) is 0 Å². The molecule has 27 heavy (non-hydrogen) atoms. The lowest BCUT2D eigenvalue weighted by Gasteiger charge is -2.19. The van der Waals surface area contributed by atoms with Gasteiger partial charge in [0, 0.05) is 42.0 Å². The van der Waals surface area contributed by atoms with E-state index in [4.69, 9.17) is 23.2 Å². The van der Waals surface area contributed by atoms with Crippen molar-refractivity contribution in [2.45, 2.75) is 25.9 Å². The predicted octanol–water partition coefficient (Wildman–Crippen LogP) is 3.91. The highest BCUT2D eigenvalue weighted by molar-refractivity contribution is 6.35. The van der Waals surface area contributed by atoms with E-state index in [1.807, 2.05) is 0 Å². The van der Waals surface area contributed by atoms with Gasteiger partial charge in [0.15, 0.2) is 0 Å². The topological polar surface area (TPSA) is 57.7 Å². The standard InChI is InChI=1S/C20H18Cl2N2O3/c1-23(12-15-6-7-16(21)10-17(15)22)20(27)14-4-2-13(3-5-14)11-24-18(25)8-9-19(24)26/h2-7,10H,8-9,11-12H2,1H3. The first-order chi connectivity index (χ1) is 12.8. The van der Waals surface area contributed by atoms with Gasteiger partial charge in [-0.25, -0.2) is 0 Å². The van der Waals surface area contributed by atoms with Crippen LogP contribution in [0, 0.1) is 0 Å². The highest BCUT2D eigenvalue weighted by Gasteiger charge is 2.28. The van der Waals surface area contributed by atoms with Gasteiger partial charge in [0.25, 0.3) is 5.91 Å². The van der Waals surface area contributed by atoms with E-state index in [2.05, 4.69) is 0 Å². The largest absolute Gasteiger partial charge is 0.337 e. The Morgan fingerprint density at radius 3 is 2.26 bits per heavy atom. The van der Waals surface area contributed by atoms with Crippen molar-refractivity contribution in [2.75, 3.05) is 7.05 Å². The van der Waals surface area contributed by atoms with Crippen LogP contribution in [0.1, 0.15) is 34.3 Å². The van der Waals surface area contributed by atoms with Crippen molar-refractivity contribution in [3.05, 3.63) is 69.2 Å². The minimum atomic E-state index is -0.153. The van der Waals surface area contributed by atoms with Crippen LogP contribution in [-0.4, -0.2) is 34.6 Å². The molecule has 140 valence electrons. The zero-order valence-corrected chi connectivity index (χ0v) is 16.3. The Bertz CT molecular complexity index is 881. The number of hydrogen-bond acceptors (Lipinski definition) is 3. The molecule has 0 radical (unpaired) electrons. The van der Waals surface area contributed by atoms with Crippen molar-refractivity contribution in [1.82, 2.24) is 9.80 Å². The zero-order chi connectivity index (χ0) is 19.6. The summed E-state index contributed by atoms with van der Waals surface area (Å²) in [5, 5.41) is 1.06. The van der Waals surface area contributed by atoms with Crippen molar-refractivity contribution in [1.29, 1.82) is 0 Å². The van der Waals surface area contributed by atoms with E-state index in [1.165, 1.54) is 4.90 Å². The number of carbonyl (C=O) groups is 3. The molecule has 3 rings (SSSR count). The average Bonchev–Trinajstić information content (AvgIpc) is 2.96. The molecule has 1 saturated heterocycles. The summed E-state index contributed by atoms with van der Waals surface area (Å²) in [6, 6.07) is 12.1. The molecular formula is C20H18Cl2N2O3. The van der Waals surface area contributed by atoms with Crippen LogP contribution in [-0.2, 0) is 22.7 Å². The van der Waals surface area contributed by atoms with E-state index in [9.17, 15) is 14.4 Å². The van der Waals surface area contributed by atoms with E-state index in [0.717, 1.165) is 11.1 Å². The van der Waals surface area contributed by atoms with Gasteiger partial charge in [0.05, 0.1) is 6.54 Å². The second-order valence-corrected chi connectivity index (χ2v) is 7.31. The molecule has 7 heteroatoms. The maximum Gasteiger partial charge on any atom is 0.253 e. The molecule has 2 aromatic rings. The van der Waals surface area contributed by atoms with Crippen LogP contribution in [0.25, 0.3) is 0 Å². The number of imide groups is 1. The molecule has 0 bridgehead atoms. The summed E-state index contributed by atoms with van der Waals surface area (Å²) in [5.74, 6) is -0.458. The number of rotatable bonds is 5. The number of likely N-dealkylation sites (tertiary alicyclic amines) is 1. The fraction of sp³-hybridized carbons (Fsp3) is 0.250. The zero-order valence-electron chi connectivity index (χ0n) is 14.7. The lowest BCUT2D eigenvalue weighted by atomic mass is 10.1. The summed E-state index contributed by atoms with van der Waals surface area (Å²) in [5.41, 5.74) is 2.13. The Labute approximate surface area is 167 Å². The van der Waals surface area contributed by atoms with E-state index >= 15 is 0 Å². The molecule has 0 spiro atoms. The van der Waals surface area contributed by atoms with Crippen molar-refractivity contribution in [3.8, 4) is 0 Å². The monoisotopic (exact) mass is 404 g/mol. The molecule has 1 aliphatic heterocycles. The SMILES string of the molecule is CN(Cc1ccc(Cl)cc1Cl)C(=O)c1ccc(CN2C(=O)CCC2=O)cc1. The predicted molar refractivity (Wildman–Crippen MR) is 103 cm³/mol. The lowest BCUT2D eigenvalue weighted by Crippen LogP contribution is -2.28. The third-order valence-electron chi connectivity index (χ3n) is 4.47. The van der Waals surface area contributed by atoms with Crippen LogP contribution in [0.3, 0.4) is 0 Å². The van der Waals surface area contributed by atoms with Crippen LogP contribution in [0.2, 0.25) is 10.0 Å². The minimum absolute atomic E-state index is 0.152. The van der Waals surface area contributed by atoms with Crippen LogP contribution in [0.15, 0.2) is 42.5 Å². The quantitative estimate of drug-likeness (QED) is 0.709. The number of carbonyl (C=O) groups excluding carboxylic acids is 3. The number of nitrogens with zero attached hydrogens (tertiary/aromatic N) is 2. The maximum atomic E-state index is 12.6. The first kappa shape index (κ1) is 19.4. The van der Waals surface area contributed by atoms with Crippen molar-refractivity contribution in [2.24, 2.45) is 0 Å². The summed E-state index contributed by atoms with van der Waals surface area (Å²) < 4.78 is 0. The van der Waals surface area contributed by atoms with E-state index in [1.54, 1.807) is 54.4 Å². The van der Waals surface area contributed by atoms with E-state index in [-0.39, 0.29) is 37.1 Å². The molecular weight excluding hydrogens is 387 g/mol. The highest BCUT2D eigenvalue weighted by Crippen LogP contribution is 2.23. The first-order valence-corrected chi connectivity index (χ1v) is 9.22. The molecule has 1 heterocycles. The summed E-state index contributed by atoms with van der Waals surface area (Å²) in [4.78, 5) is 38.8. The molecule has 0 saturated carbocycles. The molecule has 0 atom stereocenters. The Morgan fingerprint density at radius 2 is 1.67 bits per heavy atom. The van der Waals surface area contributed by atoms with Crippen LogP contribution < -0.4 is 0 Å². The second-order valence-electron chi connectivity index (χ2n) is 6.47. The molecule has 1 aliphatic rings. The molecule has 0 aromatic heterocycles. The Kier molecular flexibility index (Phi) is 5.82. The molecule has 0 N–H and O–H groups in total. The van der Waals surface area contributed by atoms with Gasteiger partial charge >= 0.3 is 0 Å². The summed E-state index contributed by atoms with van der Waals surface area (Å²) in [6.07, 6.45) is 0.543. The third kappa shape index (κ3) is 4.49. The van der Waals surface area contributed by atoms with Gasteiger partial charge < -0.3 is 4.90 Å². The van der Waals surface area contributed by atoms with Gasteiger partial charge in [-0.05, 0) is 35.4 Å². The normalized spacial score (nSPS) is 14.0. The smallest absolute Gasteiger partial charge is 0.253 e. The van der Waals surface area contributed by atoms with Gasteiger partial charge in [0.1, 0.15) is 0 Å². The fourth-order valence-electron chi connectivity index (χ4n) is 2.93. The van der Waals surface area contributed by atoms with Gasteiger partial charge in [-0.15, -0.1) is 0 Å². The first-order valence-electron chi connectivity index (χ1n) is 8.46. The average molecular weight is 405 g/mol. The summed E-state index contributed by atoms with van der Waals surface area (Å²) in [7, 11) is 1.70. The fourth-order valence-corrected chi connectivity index (χ4v) is 3.40. The van der Waals surface area contributed by atoms with Gasteiger partial charge in [-0.3, -0.25) is 19.3 Å². The molecule has 3 amide bonds. The van der Waals surface area contributed by atoms with Gasteiger partial charge in [-0.2, -0.15) is 0 Å². The molecule has 2 aromatic carbocycles. The molecule has 0 aliphatic carbocycles. The number of benzene rings is 2. The Hall–Kier alpha value is -2.37. The summed E-state index contributed by atoms with van der Waals surface area (Å²) >= 11 is 12.1. The Balaban J connectivity index is 1.66. The van der Waals surface area contributed by atoms with Crippen molar-refractivity contribution in [3.63, 3.8) is 0 Å².